The maximum Gasteiger partial charge on any atom is 0.410 e. The first-order chi connectivity index (χ1) is 10.9. The number of amides is 1. The van der Waals surface area contributed by atoms with E-state index in [-0.39, 0.29) is 6.09 Å². The van der Waals surface area contributed by atoms with Gasteiger partial charge in [-0.25, -0.2) is 4.79 Å². The molecule has 2 unspecified atom stereocenters. The standard InChI is InChI=1S/C19H28N2O2/c1-19(2,3)23-18(22)21-12-11-20-17(13-21)16-10-6-8-14-7-4-5-9-15(14)16/h4-5,7,9,16-17,20H,6,8,10-13H2,1-3H3. The third-order valence-corrected chi connectivity index (χ3v) is 4.76. The predicted octanol–water partition coefficient (Wildman–Crippen LogP) is 3.32. The minimum atomic E-state index is -0.436. The van der Waals surface area contributed by atoms with E-state index in [9.17, 15) is 4.79 Å². The molecule has 1 saturated heterocycles. The van der Waals surface area contributed by atoms with Crippen LogP contribution in [0.1, 0.15) is 50.7 Å². The van der Waals surface area contributed by atoms with Crippen LogP contribution in [0.2, 0.25) is 0 Å². The first-order valence-electron chi connectivity index (χ1n) is 8.73. The van der Waals surface area contributed by atoms with Crippen molar-refractivity contribution < 1.29 is 9.53 Å². The monoisotopic (exact) mass is 316 g/mol. The topological polar surface area (TPSA) is 41.6 Å². The van der Waals surface area contributed by atoms with E-state index in [1.54, 1.807) is 0 Å². The lowest BCUT2D eigenvalue weighted by Gasteiger charge is -2.40. The zero-order valence-corrected chi connectivity index (χ0v) is 14.5. The number of fused-ring (bicyclic) bond motifs is 1. The van der Waals surface area contributed by atoms with Crippen molar-refractivity contribution in [1.82, 2.24) is 10.2 Å². The van der Waals surface area contributed by atoms with E-state index in [4.69, 9.17) is 4.74 Å². The van der Waals surface area contributed by atoms with Gasteiger partial charge in [-0.2, -0.15) is 0 Å². The first-order valence-corrected chi connectivity index (χ1v) is 8.73. The molecule has 23 heavy (non-hydrogen) atoms. The molecule has 4 heteroatoms. The average molecular weight is 316 g/mol. The molecule has 0 radical (unpaired) electrons. The molecule has 1 amide bonds. The molecule has 0 spiro atoms. The number of benzene rings is 1. The molecule has 0 bridgehead atoms. The Kier molecular flexibility index (Phi) is 4.62. The average Bonchev–Trinajstić information content (AvgIpc) is 2.53. The van der Waals surface area contributed by atoms with Crippen molar-refractivity contribution >= 4 is 6.09 Å². The summed E-state index contributed by atoms with van der Waals surface area (Å²) in [5.41, 5.74) is 2.50. The van der Waals surface area contributed by atoms with Crippen molar-refractivity contribution in [3.8, 4) is 0 Å². The number of ether oxygens (including phenoxy) is 1. The van der Waals surface area contributed by atoms with Gasteiger partial charge in [0, 0.05) is 31.6 Å². The van der Waals surface area contributed by atoms with Crippen molar-refractivity contribution in [2.75, 3.05) is 19.6 Å². The Hall–Kier alpha value is -1.55. The summed E-state index contributed by atoms with van der Waals surface area (Å²) in [6.07, 6.45) is 3.41. The molecule has 0 saturated carbocycles. The smallest absolute Gasteiger partial charge is 0.410 e. The van der Waals surface area contributed by atoms with Crippen molar-refractivity contribution in [2.45, 2.75) is 57.6 Å². The third-order valence-electron chi connectivity index (χ3n) is 4.76. The highest BCUT2D eigenvalue weighted by molar-refractivity contribution is 5.68. The van der Waals surface area contributed by atoms with Gasteiger partial charge in [0.2, 0.25) is 0 Å². The number of hydrogen-bond acceptors (Lipinski definition) is 3. The van der Waals surface area contributed by atoms with E-state index in [0.717, 1.165) is 19.6 Å². The molecule has 1 aromatic rings. The zero-order chi connectivity index (χ0) is 16.4. The molecule has 3 rings (SSSR count). The van der Waals surface area contributed by atoms with Gasteiger partial charge in [-0.05, 0) is 51.2 Å². The van der Waals surface area contributed by atoms with Crippen LogP contribution in [-0.2, 0) is 11.2 Å². The molecule has 126 valence electrons. The normalized spacial score (nSPS) is 24.9. The Morgan fingerprint density at radius 1 is 1.30 bits per heavy atom. The Labute approximate surface area is 139 Å². The van der Waals surface area contributed by atoms with E-state index in [1.807, 2.05) is 25.7 Å². The molecule has 1 heterocycles. The van der Waals surface area contributed by atoms with Gasteiger partial charge in [0.1, 0.15) is 5.60 Å². The molecule has 1 N–H and O–H groups in total. The second kappa shape index (κ2) is 6.52. The number of carbonyl (C=O) groups is 1. The van der Waals surface area contributed by atoms with Crippen LogP contribution in [0.5, 0.6) is 0 Å². The van der Waals surface area contributed by atoms with E-state index in [1.165, 1.54) is 30.4 Å². The lowest BCUT2D eigenvalue weighted by atomic mass is 9.78. The maximum absolute atomic E-state index is 12.4. The predicted molar refractivity (Wildman–Crippen MR) is 91.7 cm³/mol. The Morgan fingerprint density at radius 2 is 2.09 bits per heavy atom. The summed E-state index contributed by atoms with van der Waals surface area (Å²) in [6, 6.07) is 9.08. The summed E-state index contributed by atoms with van der Waals surface area (Å²) in [5.74, 6) is 0.491. The quantitative estimate of drug-likeness (QED) is 0.864. The number of carbonyl (C=O) groups excluding carboxylic acids is 1. The minimum absolute atomic E-state index is 0.187. The van der Waals surface area contributed by atoms with Crippen LogP contribution in [0.15, 0.2) is 24.3 Å². The van der Waals surface area contributed by atoms with Crippen molar-refractivity contribution in [3.05, 3.63) is 35.4 Å². The SMILES string of the molecule is CC(C)(C)OC(=O)N1CCNC(C2CCCc3ccccc32)C1. The van der Waals surface area contributed by atoms with Crippen LogP contribution in [0.4, 0.5) is 4.79 Å². The number of piperazine rings is 1. The molecule has 2 atom stereocenters. The molecule has 1 aliphatic carbocycles. The van der Waals surface area contributed by atoms with Gasteiger partial charge in [0.25, 0.3) is 0 Å². The fourth-order valence-corrected chi connectivity index (χ4v) is 3.75. The molecular formula is C19H28N2O2. The molecule has 1 aliphatic heterocycles. The van der Waals surface area contributed by atoms with E-state index in [0.29, 0.717) is 12.0 Å². The highest BCUT2D eigenvalue weighted by Crippen LogP contribution is 2.34. The molecular weight excluding hydrogens is 288 g/mol. The molecule has 0 aromatic heterocycles. The maximum atomic E-state index is 12.4. The van der Waals surface area contributed by atoms with Gasteiger partial charge in [0.15, 0.2) is 0 Å². The van der Waals surface area contributed by atoms with Crippen LogP contribution >= 0.6 is 0 Å². The number of hydrogen-bond donors (Lipinski definition) is 1. The molecule has 1 aromatic carbocycles. The van der Waals surface area contributed by atoms with E-state index >= 15 is 0 Å². The fourth-order valence-electron chi connectivity index (χ4n) is 3.75. The summed E-state index contributed by atoms with van der Waals surface area (Å²) in [5, 5.41) is 3.63. The van der Waals surface area contributed by atoms with Crippen LogP contribution in [0.3, 0.4) is 0 Å². The summed E-state index contributed by atoms with van der Waals surface area (Å²) in [4.78, 5) is 14.2. The molecule has 4 nitrogen and oxygen atoms in total. The van der Waals surface area contributed by atoms with Crippen molar-refractivity contribution in [3.63, 3.8) is 0 Å². The zero-order valence-electron chi connectivity index (χ0n) is 14.5. The largest absolute Gasteiger partial charge is 0.444 e. The molecule has 2 aliphatic rings. The third kappa shape index (κ3) is 3.86. The van der Waals surface area contributed by atoms with Crippen molar-refractivity contribution in [2.24, 2.45) is 0 Å². The summed E-state index contributed by atoms with van der Waals surface area (Å²) < 4.78 is 5.54. The Bertz CT molecular complexity index is 565. The van der Waals surface area contributed by atoms with Gasteiger partial charge >= 0.3 is 6.09 Å². The lowest BCUT2D eigenvalue weighted by Crippen LogP contribution is -2.55. The second-order valence-electron chi connectivity index (χ2n) is 7.68. The van der Waals surface area contributed by atoms with Gasteiger partial charge in [-0.3, -0.25) is 0 Å². The van der Waals surface area contributed by atoms with Crippen molar-refractivity contribution in [1.29, 1.82) is 0 Å². The van der Waals surface area contributed by atoms with E-state index < -0.39 is 5.60 Å². The summed E-state index contributed by atoms with van der Waals surface area (Å²) >= 11 is 0. The number of rotatable bonds is 1. The van der Waals surface area contributed by atoms with E-state index in [2.05, 4.69) is 29.6 Å². The van der Waals surface area contributed by atoms with Crippen LogP contribution in [0, 0.1) is 0 Å². The van der Waals surface area contributed by atoms with Gasteiger partial charge in [-0.1, -0.05) is 24.3 Å². The fraction of sp³-hybridized carbons (Fsp3) is 0.632. The highest BCUT2D eigenvalue weighted by atomic mass is 16.6. The lowest BCUT2D eigenvalue weighted by molar-refractivity contribution is 0.0183. The minimum Gasteiger partial charge on any atom is -0.444 e. The van der Waals surface area contributed by atoms with Gasteiger partial charge in [-0.15, -0.1) is 0 Å². The van der Waals surface area contributed by atoms with Crippen LogP contribution in [-0.4, -0.2) is 42.3 Å². The molecule has 1 fully saturated rings. The summed E-state index contributed by atoms with van der Waals surface area (Å²) in [7, 11) is 0. The first kappa shape index (κ1) is 16.3. The Morgan fingerprint density at radius 3 is 2.87 bits per heavy atom. The highest BCUT2D eigenvalue weighted by Gasteiger charge is 2.33. The number of nitrogens with one attached hydrogen (secondary N) is 1. The number of aryl methyl sites for hydroxylation is 1. The van der Waals surface area contributed by atoms with Gasteiger partial charge < -0.3 is 15.0 Å². The van der Waals surface area contributed by atoms with Crippen LogP contribution in [0.25, 0.3) is 0 Å². The van der Waals surface area contributed by atoms with Crippen LogP contribution < -0.4 is 5.32 Å². The Balaban J connectivity index is 1.71. The van der Waals surface area contributed by atoms with Gasteiger partial charge in [0.05, 0.1) is 0 Å². The second-order valence-corrected chi connectivity index (χ2v) is 7.68. The summed E-state index contributed by atoms with van der Waals surface area (Å²) in [6.45, 7) is 8.04. The number of nitrogens with zero attached hydrogens (tertiary/aromatic N) is 1.